The van der Waals surface area contributed by atoms with Gasteiger partial charge in [-0.05, 0) is 81.0 Å². The first kappa shape index (κ1) is 22.0. The number of tetrazole rings is 1. The van der Waals surface area contributed by atoms with E-state index in [2.05, 4.69) is 54.9 Å². The Morgan fingerprint density at radius 2 is 2.15 bits per heavy atom. The number of nitrogens with zero attached hydrogens (tertiary/aromatic N) is 7. The third-order valence-corrected chi connectivity index (χ3v) is 7.13. The van der Waals surface area contributed by atoms with Crippen LogP contribution in [0, 0.1) is 5.82 Å². The van der Waals surface area contributed by atoms with Crippen LogP contribution in [0.2, 0.25) is 0 Å². The van der Waals surface area contributed by atoms with Crippen molar-refractivity contribution < 1.29 is 4.39 Å². The summed E-state index contributed by atoms with van der Waals surface area (Å²) in [5.74, 6) is 0.121. The summed E-state index contributed by atoms with van der Waals surface area (Å²) in [4.78, 5) is 11.2. The molecule has 2 aromatic heterocycles. The average Bonchev–Trinajstić information content (AvgIpc) is 3.46. The summed E-state index contributed by atoms with van der Waals surface area (Å²) in [6.07, 6.45) is 7.52. The highest BCUT2D eigenvalue weighted by molar-refractivity contribution is 7.98. The molecule has 2 aliphatic heterocycles. The molecule has 2 N–H and O–H groups in total. The molecule has 0 aliphatic carbocycles. The van der Waals surface area contributed by atoms with Crippen molar-refractivity contribution in [2.45, 2.75) is 62.3 Å². The molecular formula is C22H28FN9S. The largest absolute Gasteiger partial charge is 0.365 e. The Hall–Kier alpha value is -2.79. The molecule has 2 atom stereocenters. The molecule has 2 fully saturated rings. The number of rotatable bonds is 6. The normalized spacial score (nSPS) is 22.2. The maximum absolute atomic E-state index is 14.6. The van der Waals surface area contributed by atoms with Crippen LogP contribution in [0.3, 0.4) is 0 Å². The molecule has 2 aliphatic rings. The van der Waals surface area contributed by atoms with Crippen LogP contribution >= 0.6 is 11.8 Å². The molecule has 0 spiro atoms. The fourth-order valence-electron chi connectivity index (χ4n) is 5.15. The maximum atomic E-state index is 14.6. The lowest BCUT2D eigenvalue weighted by molar-refractivity contribution is 0.0500. The number of hydrogen-bond donors (Lipinski definition) is 2. The van der Waals surface area contributed by atoms with Gasteiger partial charge in [-0.25, -0.2) is 9.37 Å². The molecule has 9 nitrogen and oxygen atoms in total. The smallest absolute Gasteiger partial charge is 0.229 e. The first-order valence-electron chi connectivity index (χ1n) is 11.2. The van der Waals surface area contributed by atoms with Crippen molar-refractivity contribution >= 4 is 29.2 Å². The second-order valence-electron chi connectivity index (χ2n) is 9.23. The van der Waals surface area contributed by atoms with Crippen LogP contribution in [0.1, 0.15) is 39.5 Å². The molecule has 0 bridgehead atoms. The zero-order chi connectivity index (χ0) is 23.0. The predicted octanol–water partition coefficient (Wildman–Crippen LogP) is 3.87. The van der Waals surface area contributed by atoms with Crippen molar-refractivity contribution in [3.63, 3.8) is 0 Å². The summed E-state index contributed by atoms with van der Waals surface area (Å²) in [6, 6.07) is 8.32. The van der Waals surface area contributed by atoms with E-state index in [1.807, 2.05) is 30.5 Å². The second kappa shape index (κ2) is 8.86. The van der Waals surface area contributed by atoms with Crippen molar-refractivity contribution in [3.8, 4) is 5.69 Å². The summed E-state index contributed by atoms with van der Waals surface area (Å²) in [5.41, 5.74) is 1.65. The Balaban J connectivity index is 1.33. The molecular weight excluding hydrogens is 441 g/mol. The van der Waals surface area contributed by atoms with Gasteiger partial charge in [-0.1, -0.05) is 17.8 Å². The molecule has 0 amide bonds. The minimum absolute atomic E-state index is 0.0912. The summed E-state index contributed by atoms with van der Waals surface area (Å²) >= 11 is 1.46. The van der Waals surface area contributed by atoms with Gasteiger partial charge in [0.25, 0.3) is 0 Å². The molecule has 174 valence electrons. The summed E-state index contributed by atoms with van der Waals surface area (Å²) < 4.78 is 16.3. The minimum atomic E-state index is -0.445. The van der Waals surface area contributed by atoms with Crippen molar-refractivity contribution in [1.29, 1.82) is 0 Å². The van der Waals surface area contributed by atoms with Crippen LogP contribution in [-0.2, 0) is 0 Å². The quantitative estimate of drug-likeness (QED) is 0.521. The van der Waals surface area contributed by atoms with Gasteiger partial charge < -0.3 is 10.6 Å². The Morgan fingerprint density at radius 1 is 1.27 bits per heavy atom. The predicted molar refractivity (Wildman–Crippen MR) is 127 cm³/mol. The summed E-state index contributed by atoms with van der Waals surface area (Å²) in [5, 5.41) is 19.0. The summed E-state index contributed by atoms with van der Waals surface area (Å²) in [6.45, 7) is 5.72. The number of benzene rings is 1. The maximum Gasteiger partial charge on any atom is 0.229 e. The third-order valence-electron chi connectivity index (χ3n) is 6.51. The van der Waals surface area contributed by atoms with Crippen LogP contribution in [-0.4, -0.2) is 65.5 Å². The van der Waals surface area contributed by atoms with Crippen LogP contribution in [0.15, 0.2) is 35.6 Å². The van der Waals surface area contributed by atoms with Gasteiger partial charge in [-0.3, -0.25) is 4.90 Å². The van der Waals surface area contributed by atoms with Gasteiger partial charge in [0.1, 0.15) is 0 Å². The first-order valence-corrected chi connectivity index (χ1v) is 12.4. The van der Waals surface area contributed by atoms with Gasteiger partial charge in [-0.2, -0.15) is 9.67 Å². The topological polar surface area (TPSA) is 96.7 Å². The Bertz CT molecular complexity index is 1130. The first-order chi connectivity index (χ1) is 15.9. The lowest BCUT2D eigenvalue weighted by atomic mass is 9.84. The Morgan fingerprint density at radius 3 is 3.00 bits per heavy atom. The van der Waals surface area contributed by atoms with Crippen LogP contribution in [0.5, 0.6) is 0 Å². The number of aromatic nitrogens is 6. The lowest BCUT2D eigenvalue weighted by Gasteiger charge is -2.47. The highest BCUT2D eigenvalue weighted by atomic mass is 32.2. The Kier molecular flexibility index (Phi) is 5.92. The standard InChI is InChI=1S/C22H28FN9S/c1-22(2)12-15(11-16-8-5-9-31(16)22)25-19-18(23)13-24-20(27-19)26-14-6-4-7-17(10-14)32-21(33-3)28-29-30-32/h4,6-7,10,13,15-16H,5,8-9,11-12H2,1-3H3,(H2,24,25,26,27)/t15-,16+/m1/s1. The highest BCUT2D eigenvalue weighted by Gasteiger charge is 2.43. The SMILES string of the molecule is CSc1nnnn1-c1cccc(Nc2ncc(F)c(N[C@@H]3C[C@@H]4CCCN4C(C)(C)C3)n2)c1. The van der Waals surface area contributed by atoms with E-state index < -0.39 is 5.82 Å². The van der Waals surface area contributed by atoms with Crippen molar-refractivity contribution in [2.75, 3.05) is 23.4 Å². The van der Waals surface area contributed by atoms with E-state index in [1.165, 1.54) is 30.8 Å². The zero-order valence-corrected chi connectivity index (χ0v) is 19.8. The number of anilines is 3. The fourth-order valence-corrected chi connectivity index (χ4v) is 5.59. The van der Waals surface area contributed by atoms with Gasteiger partial charge in [0.2, 0.25) is 11.1 Å². The van der Waals surface area contributed by atoms with Gasteiger partial charge in [0.05, 0.1) is 11.9 Å². The van der Waals surface area contributed by atoms with Crippen LogP contribution < -0.4 is 10.6 Å². The molecule has 2 saturated heterocycles. The second-order valence-corrected chi connectivity index (χ2v) is 10.00. The van der Waals surface area contributed by atoms with E-state index >= 15 is 0 Å². The van der Waals surface area contributed by atoms with E-state index in [0.717, 1.165) is 30.8 Å². The van der Waals surface area contributed by atoms with E-state index in [1.54, 1.807) is 4.68 Å². The monoisotopic (exact) mass is 469 g/mol. The summed E-state index contributed by atoms with van der Waals surface area (Å²) in [7, 11) is 0. The number of hydrogen-bond acceptors (Lipinski definition) is 9. The minimum Gasteiger partial charge on any atom is -0.365 e. The number of thioether (sulfide) groups is 1. The van der Waals surface area contributed by atoms with Crippen LogP contribution in [0.4, 0.5) is 21.8 Å². The van der Waals surface area contributed by atoms with E-state index in [0.29, 0.717) is 17.1 Å². The van der Waals surface area contributed by atoms with Crippen molar-refractivity contribution in [3.05, 3.63) is 36.3 Å². The molecule has 0 saturated carbocycles. The van der Waals surface area contributed by atoms with E-state index in [4.69, 9.17) is 0 Å². The fraction of sp³-hybridized carbons (Fsp3) is 0.500. The third kappa shape index (κ3) is 4.51. The van der Waals surface area contributed by atoms with Gasteiger partial charge >= 0.3 is 0 Å². The highest BCUT2D eigenvalue weighted by Crippen LogP contribution is 2.38. The molecule has 3 aromatic rings. The molecule has 11 heteroatoms. The average molecular weight is 470 g/mol. The molecule has 0 radical (unpaired) electrons. The van der Waals surface area contributed by atoms with Gasteiger partial charge in [-0.15, -0.1) is 5.10 Å². The van der Waals surface area contributed by atoms with Gasteiger partial charge in [0, 0.05) is 23.3 Å². The Labute approximate surface area is 196 Å². The molecule has 0 unspecified atom stereocenters. The van der Waals surface area contributed by atoms with E-state index in [9.17, 15) is 4.39 Å². The van der Waals surface area contributed by atoms with Crippen molar-refractivity contribution in [1.82, 2.24) is 35.1 Å². The number of fused-ring (bicyclic) bond motifs is 1. The zero-order valence-electron chi connectivity index (χ0n) is 19.0. The van der Waals surface area contributed by atoms with Gasteiger partial charge in [0.15, 0.2) is 11.6 Å². The van der Waals surface area contributed by atoms with E-state index in [-0.39, 0.29) is 17.4 Å². The lowest BCUT2D eigenvalue weighted by Crippen LogP contribution is -2.55. The molecule has 33 heavy (non-hydrogen) atoms. The molecule has 4 heterocycles. The molecule has 5 rings (SSSR count). The number of halogens is 1. The van der Waals surface area contributed by atoms with Crippen molar-refractivity contribution in [2.24, 2.45) is 0 Å². The molecule has 1 aromatic carbocycles. The number of nitrogens with one attached hydrogen (secondary N) is 2. The van der Waals surface area contributed by atoms with Crippen LogP contribution in [0.25, 0.3) is 5.69 Å². The number of piperidine rings is 1.